The minimum Gasteiger partial charge on any atom is -0.449 e. The summed E-state index contributed by atoms with van der Waals surface area (Å²) in [6.07, 6.45) is -0.182. The average molecular weight is 413 g/mol. The summed E-state index contributed by atoms with van der Waals surface area (Å²) in [5.41, 5.74) is 1.30. The zero-order valence-corrected chi connectivity index (χ0v) is 17.6. The summed E-state index contributed by atoms with van der Waals surface area (Å²) >= 11 is 0. The molecule has 30 heavy (non-hydrogen) atoms. The van der Waals surface area contributed by atoms with Crippen molar-refractivity contribution in [2.45, 2.75) is 32.3 Å². The highest BCUT2D eigenvalue weighted by atomic mass is 16.6. The lowest BCUT2D eigenvalue weighted by Crippen LogP contribution is -2.38. The number of esters is 1. The van der Waals surface area contributed by atoms with Gasteiger partial charge in [-0.25, -0.2) is 4.79 Å². The molecule has 0 spiro atoms. The van der Waals surface area contributed by atoms with E-state index in [1.165, 1.54) is 19.1 Å². The number of nitrogens with one attached hydrogen (secondary N) is 1. The third kappa shape index (κ3) is 5.79. The van der Waals surface area contributed by atoms with Crippen LogP contribution in [-0.4, -0.2) is 43.5 Å². The Labute approximate surface area is 176 Å². The Morgan fingerprint density at radius 3 is 2.40 bits per heavy atom. The highest BCUT2D eigenvalue weighted by Gasteiger charge is 2.23. The molecule has 0 saturated carbocycles. The average Bonchev–Trinajstić information content (AvgIpc) is 2.74. The van der Waals surface area contributed by atoms with Crippen molar-refractivity contribution >= 4 is 23.3 Å². The third-order valence-corrected chi connectivity index (χ3v) is 4.83. The van der Waals surface area contributed by atoms with Crippen molar-refractivity contribution in [3.8, 4) is 0 Å². The number of anilines is 1. The molecule has 1 N–H and O–H groups in total. The second-order valence-corrected chi connectivity index (χ2v) is 7.16. The molecule has 2 aromatic rings. The van der Waals surface area contributed by atoms with E-state index in [0.29, 0.717) is 12.2 Å². The van der Waals surface area contributed by atoms with E-state index < -0.39 is 22.9 Å². The Morgan fingerprint density at radius 1 is 1.17 bits per heavy atom. The van der Waals surface area contributed by atoms with Crippen LogP contribution in [0, 0.1) is 10.1 Å². The molecular weight excluding hydrogens is 386 g/mol. The summed E-state index contributed by atoms with van der Waals surface area (Å²) in [5.74, 6) is -1.06. The van der Waals surface area contributed by atoms with Gasteiger partial charge in [0.05, 0.1) is 10.5 Å². The first-order valence-electron chi connectivity index (χ1n) is 9.74. The first kappa shape index (κ1) is 22.9. The number of carbonyl (C=O) groups is 2. The second-order valence-electron chi connectivity index (χ2n) is 7.16. The van der Waals surface area contributed by atoms with Gasteiger partial charge >= 0.3 is 5.97 Å². The smallest absolute Gasteiger partial charge is 0.339 e. The van der Waals surface area contributed by atoms with Crippen molar-refractivity contribution in [2.24, 2.45) is 0 Å². The van der Waals surface area contributed by atoms with Crippen LogP contribution in [0.15, 0.2) is 48.5 Å². The first-order chi connectivity index (χ1) is 14.2. The van der Waals surface area contributed by atoms with Gasteiger partial charge in [0.1, 0.15) is 5.69 Å². The topological polar surface area (TPSA) is 102 Å². The van der Waals surface area contributed by atoms with Crippen LogP contribution in [0.4, 0.5) is 11.4 Å². The zero-order valence-electron chi connectivity index (χ0n) is 17.6. The molecule has 0 aliphatic heterocycles. The van der Waals surface area contributed by atoms with E-state index in [1.807, 2.05) is 37.3 Å². The minimum absolute atomic E-state index is 0.0164. The van der Waals surface area contributed by atoms with Gasteiger partial charge in [-0.15, -0.1) is 0 Å². The molecule has 8 heteroatoms. The van der Waals surface area contributed by atoms with Gasteiger partial charge in [0.25, 0.3) is 11.6 Å². The molecule has 0 saturated heterocycles. The van der Waals surface area contributed by atoms with Crippen LogP contribution in [0.5, 0.6) is 0 Å². The van der Waals surface area contributed by atoms with Crippen LogP contribution in [0.25, 0.3) is 0 Å². The zero-order chi connectivity index (χ0) is 22.3. The summed E-state index contributed by atoms with van der Waals surface area (Å²) < 4.78 is 5.22. The number of nitro benzene ring substituents is 1. The lowest BCUT2D eigenvalue weighted by Gasteiger charge is -2.19. The number of carbonyl (C=O) groups excluding carboxylic acids is 2. The summed E-state index contributed by atoms with van der Waals surface area (Å²) in [4.78, 5) is 37.1. The molecule has 160 valence electrons. The second kappa shape index (κ2) is 10.4. The van der Waals surface area contributed by atoms with E-state index in [0.717, 1.165) is 18.1 Å². The van der Waals surface area contributed by atoms with Crippen molar-refractivity contribution in [3.63, 3.8) is 0 Å². The number of hydrogen-bond acceptors (Lipinski definition) is 6. The maximum atomic E-state index is 12.4. The SMILES string of the molecule is CC[C@@H](CNC(=O)[C@@H](C)OC(=O)c1ccc(N(C)C)c([N+](=O)[O-])c1)c1ccccc1. The summed E-state index contributed by atoms with van der Waals surface area (Å²) in [7, 11) is 3.34. The van der Waals surface area contributed by atoms with Crippen LogP contribution >= 0.6 is 0 Å². The van der Waals surface area contributed by atoms with Crippen molar-refractivity contribution in [1.29, 1.82) is 0 Å². The number of amides is 1. The molecule has 0 heterocycles. The Balaban J connectivity index is 2.00. The summed E-state index contributed by atoms with van der Waals surface area (Å²) in [5, 5.41) is 14.1. The van der Waals surface area contributed by atoms with E-state index in [2.05, 4.69) is 5.32 Å². The molecule has 0 aliphatic rings. The first-order valence-corrected chi connectivity index (χ1v) is 9.74. The molecule has 2 rings (SSSR count). The van der Waals surface area contributed by atoms with Gasteiger partial charge in [-0.3, -0.25) is 14.9 Å². The Morgan fingerprint density at radius 2 is 1.83 bits per heavy atom. The van der Waals surface area contributed by atoms with E-state index in [9.17, 15) is 19.7 Å². The maximum Gasteiger partial charge on any atom is 0.339 e. The fourth-order valence-electron chi connectivity index (χ4n) is 3.05. The Kier molecular flexibility index (Phi) is 7.91. The number of hydrogen-bond donors (Lipinski definition) is 1. The largest absolute Gasteiger partial charge is 0.449 e. The molecule has 1 amide bonds. The maximum absolute atomic E-state index is 12.4. The van der Waals surface area contributed by atoms with Crippen LogP contribution in [0.2, 0.25) is 0 Å². The molecule has 8 nitrogen and oxygen atoms in total. The summed E-state index contributed by atoms with van der Waals surface area (Å²) in [6.45, 7) is 3.93. The van der Waals surface area contributed by atoms with Gasteiger partial charge in [-0.05, 0) is 31.0 Å². The number of benzene rings is 2. The Bertz CT molecular complexity index is 899. The molecular formula is C22H27N3O5. The lowest BCUT2D eigenvalue weighted by molar-refractivity contribution is -0.384. The quantitative estimate of drug-likeness (QED) is 0.383. The lowest BCUT2D eigenvalue weighted by atomic mass is 9.96. The molecule has 2 atom stereocenters. The van der Waals surface area contributed by atoms with Crippen molar-refractivity contribution in [1.82, 2.24) is 5.32 Å². The third-order valence-electron chi connectivity index (χ3n) is 4.83. The fraction of sp³-hybridized carbons (Fsp3) is 0.364. The number of rotatable bonds is 9. The molecule has 0 bridgehead atoms. The van der Waals surface area contributed by atoms with Gasteiger partial charge in [-0.2, -0.15) is 0 Å². The highest BCUT2D eigenvalue weighted by molar-refractivity contribution is 5.93. The predicted octanol–water partition coefficient (Wildman–Crippen LogP) is 3.52. The van der Waals surface area contributed by atoms with Crippen LogP contribution in [-0.2, 0) is 9.53 Å². The van der Waals surface area contributed by atoms with Gasteiger partial charge in [0.2, 0.25) is 0 Å². The van der Waals surface area contributed by atoms with Gasteiger partial charge < -0.3 is 15.0 Å². The van der Waals surface area contributed by atoms with Crippen LogP contribution < -0.4 is 10.2 Å². The molecule has 0 aromatic heterocycles. The van der Waals surface area contributed by atoms with Gasteiger partial charge in [0.15, 0.2) is 6.10 Å². The van der Waals surface area contributed by atoms with E-state index >= 15 is 0 Å². The number of nitro groups is 1. The molecule has 0 fully saturated rings. The minimum atomic E-state index is -1.03. The van der Waals surface area contributed by atoms with Gasteiger partial charge in [0, 0.05) is 32.6 Å². The van der Waals surface area contributed by atoms with Crippen molar-refractivity contribution in [2.75, 3.05) is 25.5 Å². The van der Waals surface area contributed by atoms with Crippen molar-refractivity contribution < 1.29 is 19.2 Å². The molecule has 2 aromatic carbocycles. The van der Waals surface area contributed by atoms with Crippen LogP contribution in [0.1, 0.15) is 42.1 Å². The predicted molar refractivity (Wildman–Crippen MR) is 115 cm³/mol. The molecule has 0 aliphatic carbocycles. The van der Waals surface area contributed by atoms with Gasteiger partial charge in [-0.1, -0.05) is 37.3 Å². The Hall–Kier alpha value is -3.42. The van der Waals surface area contributed by atoms with E-state index in [-0.39, 0.29) is 17.2 Å². The highest BCUT2D eigenvalue weighted by Crippen LogP contribution is 2.28. The molecule has 0 radical (unpaired) electrons. The van der Waals surface area contributed by atoms with Crippen LogP contribution in [0.3, 0.4) is 0 Å². The van der Waals surface area contributed by atoms with E-state index in [4.69, 9.17) is 4.74 Å². The standard InChI is InChI=1S/C22H27N3O5/c1-5-16(17-9-7-6-8-10-17)14-23-21(26)15(2)30-22(27)18-11-12-19(24(3)4)20(13-18)25(28)29/h6-13,15-16H,5,14H2,1-4H3,(H,23,26)/t15-,16+/m1/s1. The fourth-order valence-corrected chi connectivity index (χ4v) is 3.05. The molecule has 0 unspecified atom stereocenters. The monoisotopic (exact) mass is 413 g/mol. The number of nitrogens with zero attached hydrogens (tertiary/aromatic N) is 2. The van der Waals surface area contributed by atoms with E-state index in [1.54, 1.807) is 19.0 Å². The normalized spacial score (nSPS) is 12.5. The van der Waals surface area contributed by atoms with Crippen molar-refractivity contribution in [3.05, 3.63) is 69.8 Å². The summed E-state index contributed by atoms with van der Waals surface area (Å²) in [6, 6.07) is 13.9. The number of ether oxygens (including phenoxy) is 1.